The number of nitrogens with one attached hydrogen (secondary N) is 2. The second-order valence-electron chi connectivity index (χ2n) is 6.52. The Hall–Kier alpha value is -2.55. The number of benzene rings is 2. The number of para-hydroxylation sites is 1. The smallest absolute Gasteiger partial charge is 0.247 e. The third-order valence-corrected chi connectivity index (χ3v) is 4.25. The minimum Gasteiger partial charge on any atom is -0.307 e. The highest BCUT2D eigenvalue weighted by Gasteiger charge is 2.14. The van der Waals surface area contributed by atoms with Crippen LogP contribution in [0.5, 0.6) is 0 Å². The van der Waals surface area contributed by atoms with Crippen molar-refractivity contribution in [2.45, 2.75) is 26.7 Å². The van der Waals surface area contributed by atoms with Crippen molar-refractivity contribution >= 4 is 45.3 Å². The summed E-state index contributed by atoms with van der Waals surface area (Å²) in [7, 11) is 0. The van der Waals surface area contributed by atoms with Gasteiger partial charge in [0, 0.05) is 10.9 Å². The van der Waals surface area contributed by atoms with Gasteiger partial charge >= 0.3 is 0 Å². The number of hydrogen-bond acceptors (Lipinski definition) is 5. The Bertz CT molecular complexity index is 1070. The summed E-state index contributed by atoms with van der Waals surface area (Å²) in [4.78, 5) is 15.9. The summed E-state index contributed by atoms with van der Waals surface area (Å²) in [6, 6.07) is 16.2. The molecule has 0 saturated heterocycles. The van der Waals surface area contributed by atoms with Crippen LogP contribution in [-0.4, -0.2) is 30.1 Å². The maximum Gasteiger partial charge on any atom is 0.247 e. The van der Waals surface area contributed by atoms with Crippen molar-refractivity contribution in [3.8, 4) is 11.4 Å². The molecule has 0 amide bonds. The van der Waals surface area contributed by atoms with Crippen LogP contribution in [-0.2, 0) is 0 Å². The van der Waals surface area contributed by atoms with Crippen LogP contribution in [0.4, 0.5) is 11.8 Å². The third kappa shape index (κ3) is 4.30. The van der Waals surface area contributed by atoms with Crippen LogP contribution in [0.15, 0.2) is 48.5 Å². The predicted octanol–water partition coefficient (Wildman–Crippen LogP) is 5.64. The van der Waals surface area contributed by atoms with Crippen LogP contribution >= 0.6 is 22.6 Å². The number of aromatic nitrogens is 5. The first-order valence-electron chi connectivity index (χ1n) is 9.01. The van der Waals surface area contributed by atoms with Crippen molar-refractivity contribution in [1.82, 2.24) is 25.1 Å². The minimum absolute atomic E-state index is 0.383. The first-order chi connectivity index (χ1) is 13.6. The van der Waals surface area contributed by atoms with E-state index in [1.54, 1.807) is 0 Å². The van der Waals surface area contributed by atoms with Gasteiger partial charge in [-0.15, -0.1) is 5.10 Å². The van der Waals surface area contributed by atoms with Gasteiger partial charge in [0.1, 0.15) is 11.6 Å². The lowest BCUT2D eigenvalue weighted by atomic mass is 9.97. The second kappa shape index (κ2) is 9.09. The van der Waals surface area contributed by atoms with E-state index in [-0.39, 0.29) is 0 Å². The molecule has 0 fully saturated rings. The molecule has 144 valence electrons. The molecule has 7 heteroatoms. The van der Waals surface area contributed by atoms with E-state index in [4.69, 9.17) is 9.97 Å². The molecule has 0 saturated carbocycles. The highest BCUT2D eigenvalue weighted by Crippen LogP contribution is 2.30. The third-order valence-electron chi connectivity index (χ3n) is 4.25. The van der Waals surface area contributed by atoms with Gasteiger partial charge in [0.2, 0.25) is 5.95 Å². The van der Waals surface area contributed by atoms with E-state index in [1.807, 2.05) is 42.2 Å². The van der Waals surface area contributed by atoms with Gasteiger partial charge in [0.15, 0.2) is 5.82 Å². The lowest BCUT2D eigenvalue weighted by Crippen LogP contribution is -2.02. The molecule has 0 aliphatic heterocycles. The van der Waals surface area contributed by atoms with Crippen molar-refractivity contribution in [3.63, 3.8) is 0 Å². The number of alkyl halides is 1. The summed E-state index contributed by atoms with van der Waals surface area (Å²) in [6.45, 7) is 6.21. The zero-order valence-electron chi connectivity index (χ0n) is 16.4. The number of aromatic amines is 1. The van der Waals surface area contributed by atoms with Crippen LogP contribution in [0.2, 0.25) is 0 Å². The molecule has 28 heavy (non-hydrogen) atoms. The molecule has 0 unspecified atom stereocenters. The number of aryl methyl sites for hydroxylation is 1. The number of hydrogen-bond donors (Lipinski definition) is 2. The lowest BCUT2D eigenvalue weighted by molar-refractivity contribution is 0.867. The molecule has 0 spiro atoms. The molecule has 0 bridgehead atoms. The molecule has 2 aromatic heterocycles. The number of H-pyrrole nitrogens is 1. The second-order valence-corrected chi connectivity index (χ2v) is 6.52. The average molecular weight is 486 g/mol. The van der Waals surface area contributed by atoms with Crippen molar-refractivity contribution in [3.05, 3.63) is 59.9 Å². The topological polar surface area (TPSA) is 79.4 Å². The molecule has 2 aromatic carbocycles. The highest BCUT2D eigenvalue weighted by atomic mass is 127. The summed E-state index contributed by atoms with van der Waals surface area (Å²) in [5, 5.41) is 11.2. The number of halogens is 1. The van der Waals surface area contributed by atoms with Gasteiger partial charge in [-0.05, 0) is 35.5 Å². The Morgan fingerprint density at radius 1 is 0.929 bits per heavy atom. The van der Waals surface area contributed by atoms with E-state index in [2.05, 4.69) is 75.1 Å². The van der Waals surface area contributed by atoms with E-state index in [0.29, 0.717) is 23.5 Å². The first kappa shape index (κ1) is 20.2. The Kier molecular flexibility index (Phi) is 6.56. The molecule has 4 rings (SSSR count). The van der Waals surface area contributed by atoms with Crippen molar-refractivity contribution in [1.29, 1.82) is 0 Å². The van der Waals surface area contributed by atoms with E-state index in [1.165, 1.54) is 5.56 Å². The fraction of sp³-hybridized carbons (Fsp3) is 0.238. The predicted molar refractivity (Wildman–Crippen MR) is 123 cm³/mol. The molecule has 0 aliphatic carbocycles. The van der Waals surface area contributed by atoms with Crippen molar-refractivity contribution in [2.24, 2.45) is 0 Å². The Labute approximate surface area is 178 Å². The van der Waals surface area contributed by atoms with Crippen LogP contribution in [0.25, 0.3) is 22.3 Å². The minimum atomic E-state index is 0.383. The number of rotatable bonds is 4. The molecule has 0 aliphatic rings. The lowest BCUT2D eigenvalue weighted by Gasteiger charge is -2.13. The van der Waals surface area contributed by atoms with E-state index in [9.17, 15) is 0 Å². The normalized spacial score (nSPS) is 10.6. The SMILES string of the molecule is CI.Cc1nc(Nc2nc(-c3ccccc3C(C)C)nc3ccccc23)n[nH]1. The quantitative estimate of drug-likeness (QED) is 0.288. The molecular weight excluding hydrogens is 463 g/mol. The van der Waals surface area contributed by atoms with Crippen LogP contribution in [0.3, 0.4) is 0 Å². The summed E-state index contributed by atoms with van der Waals surface area (Å²) in [5.41, 5.74) is 3.15. The van der Waals surface area contributed by atoms with E-state index >= 15 is 0 Å². The van der Waals surface area contributed by atoms with Crippen molar-refractivity contribution in [2.75, 3.05) is 10.2 Å². The average Bonchev–Trinajstić information content (AvgIpc) is 3.14. The maximum absolute atomic E-state index is 4.80. The standard InChI is InChI=1S/C20H20N6.CH3I/c1-12(2)14-8-4-5-9-15(14)18-22-17-11-7-6-10-16(17)19(23-18)24-20-21-13(3)25-26-20;1-2/h4-12H,1-3H3,(H2,21,22,23,24,25,26);1H3. The van der Waals surface area contributed by atoms with E-state index in [0.717, 1.165) is 22.3 Å². The molecular formula is C21H23IN6. The Morgan fingerprint density at radius 3 is 2.36 bits per heavy atom. The fourth-order valence-corrected chi connectivity index (χ4v) is 3.00. The van der Waals surface area contributed by atoms with Gasteiger partial charge in [0.25, 0.3) is 0 Å². The number of nitrogens with zero attached hydrogens (tertiary/aromatic N) is 4. The van der Waals surface area contributed by atoms with Crippen molar-refractivity contribution < 1.29 is 0 Å². The van der Waals surface area contributed by atoms with Crippen LogP contribution < -0.4 is 5.32 Å². The van der Waals surface area contributed by atoms with Gasteiger partial charge in [-0.1, -0.05) is 72.8 Å². The summed E-state index contributed by atoms with van der Waals surface area (Å²) in [6.07, 6.45) is 0. The molecule has 0 atom stereocenters. The van der Waals surface area contributed by atoms with Gasteiger partial charge in [-0.2, -0.15) is 4.98 Å². The molecule has 4 aromatic rings. The van der Waals surface area contributed by atoms with Gasteiger partial charge in [0.05, 0.1) is 5.52 Å². The molecule has 2 N–H and O–H groups in total. The van der Waals surface area contributed by atoms with Crippen LogP contribution in [0, 0.1) is 6.92 Å². The van der Waals surface area contributed by atoms with Gasteiger partial charge in [-0.3, -0.25) is 5.10 Å². The van der Waals surface area contributed by atoms with Gasteiger partial charge < -0.3 is 5.32 Å². The number of fused-ring (bicyclic) bond motifs is 1. The molecule has 2 heterocycles. The molecule has 0 radical (unpaired) electrons. The number of anilines is 2. The summed E-state index contributed by atoms with van der Waals surface area (Å²) in [5.74, 6) is 3.02. The Morgan fingerprint density at radius 2 is 1.64 bits per heavy atom. The first-order valence-corrected chi connectivity index (χ1v) is 11.2. The summed E-state index contributed by atoms with van der Waals surface area (Å²) < 4.78 is 0. The zero-order valence-corrected chi connectivity index (χ0v) is 18.5. The molecule has 6 nitrogen and oxygen atoms in total. The monoisotopic (exact) mass is 486 g/mol. The zero-order chi connectivity index (χ0) is 20.1. The summed E-state index contributed by atoms with van der Waals surface area (Å²) >= 11 is 2.15. The Balaban J connectivity index is 0.00000109. The highest BCUT2D eigenvalue weighted by molar-refractivity contribution is 14.1. The van der Waals surface area contributed by atoms with Gasteiger partial charge in [-0.25, -0.2) is 9.97 Å². The largest absolute Gasteiger partial charge is 0.307 e. The van der Waals surface area contributed by atoms with Crippen LogP contribution in [0.1, 0.15) is 31.2 Å². The van der Waals surface area contributed by atoms with E-state index < -0.39 is 0 Å². The fourth-order valence-electron chi connectivity index (χ4n) is 3.00. The maximum atomic E-state index is 4.80.